The van der Waals surface area contributed by atoms with Gasteiger partial charge in [0.1, 0.15) is 0 Å². The first kappa shape index (κ1) is 4.40. The minimum Gasteiger partial charge on any atom is -0.201 e. The van der Waals surface area contributed by atoms with Crippen LogP contribution in [0.15, 0.2) is 10.4 Å². The van der Waals surface area contributed by atoms with Crippen molar-refractivity contribution in [1.29, 1.82) is 0 Å². The Labute approximate surface area is 37.8 Å². The number of hydrogen-bond acceptors (Lipinski definition) is 0. The third-order valence-electron chi connectivity index (χ3n) is 0. The molecule has 0 N–H and O–H groups in total. The van der Waals surface area contributed by atoms with Gasteiger partial charge in [0, 0.05) is 0 Å². The highest BCUT2D eigenvalue weighted by molar-refractivity contribution is 14.1. The van der Waals surface area contributed by atoms with Crippen molar-refractivity contribution in [3.05, 3.63) is 10.4 Å². The van der Waals surface area contributed by atoms with Gasteiger partial charge in [-0.05, 0) is 22.6 Å². The topological polar surface area (TPSA) is 0 Å². The van der Waals surface area contributed by atoms with E-state index in [0.717, 1.165) is 0 Å². The van der Waals surface area contributed by atoms with E-state index in [1.807, 2.05) is 0 Å². The lowest BCUT2D eigenvalue weighted by atomic mass is 11.2. The molecule has 0 heterocycles. The predicted octanol–water partition coefficient (Wildman–Crippen LogP) is 1.86. The van der Waals surface area contributed by atoms with E-state index in [2.05, 4.69) is 6.58 Å². The SMILES string of the molecule is C=C(F)I. The number of rotatable bonds is 0. The molecule has 0 radical (unpaired) electrons. The molecule has 0 spiro atoms. The van der Waals surface area contributed by atoms with E-state index < -0.39 is 0 Å². The Bertz CT molecular complexity index is 29.0. The molecule has 0 aromatic rings. The second-order valence-electron chi connectivity index (χ2n) is 0.339. The Kier molecular flexibility index (Phi) is 1.86. The van der Waals surface area contributed by atoms with Gasteiger partial charge in [0.15, 0.2) is 3.83 Å². The van der Waals surface area contributed by atoms with E-state index in [0.29, 0.717) is 0 Å². The third kappa shape index (κ3) is 29.4. The summed E-state index contributed by atoms with van der Waals surface area (Å²) in [7, 11) is 0. The Morgan fingerprint density at radius 1 is 2.00 bits per heavy atom. The molecular weight excluding hydrogens is 170 g/mol. The van der Waals surface area contributed by atoms with Gasteiger partial charge in [0.05, 0.1) is 0 Å². The van der Waals surface area contributed by atoms with E-state index in [-0.39, 0.29) is 3.83 Å². The summed E-state index contributed by atoms with van der Waals surface area (Å²) < 4.78 is 10.4. The summed E-state index contributed by atoms with van der Waals surface area (Å²) >= 11 is 1.48. The van der Waals surface area contributed by atoms with Crippen LogP contribution in [0.5, 0.6) is 0 Å². The average molecular weight is 172 g/mol. The maximum absolute atomic E-state index is 10.8. The van der Waals surface area contributed by atoms with Crippen LogP contribution in [0, 0.1) is 0 Å². The summed E-state index contributed by atoms with van der Waals surface area (Å²) in [5.41, 5.74) is 0. The summed E-state index contributed by atoms with van der Waals surface area (Å²) in [6.07, 6.45) is 0. The highest BCUT2D eigenvalue weighted by atomic mass is 127. The molecule has 0 nitrogen and oxygen atoms in total. The fourth-order valence-corrected chi connectivity index (χ4v) is 0. The molecule has 0 unspecified atom stereocenters. The van der Waals surface area contributed by atoms with Crippen molar-refractivity contribution in [2.24, 2.45) is 0 Å². The van der Waals surface area contributed by atoms with Gasteiger partial charge in [-0.2, -0.15) is 0 Å². The lowest BCUT2D eigenvalue weighted by molar-refractivity contribution is 0.715. The predicted molar refractivity (Wildman–Crippen MR) is 24.3 cm³/mol. The van der Waals surface area contributed by atoms with E-state index in [1.165, 1.54) is 22.6 Å². The minimum atomic E-state index is -0.363. The van der Waals surface area contributed by atoms with Gasteiger partial charge in [-0.1, -0.05) is 6.58 Å². The fourth-order valence-electron chi connectivity index (χ4n) is 0. The van der Waals surface area contributed by atoms with Crippen LogP contribution in [0.2, 0.25) is 0 Å². The molecule has 2 heteroatoms. The Morgan fingerprint density at radius 2 is 2.00 bits per heavy atom. The normalized spacial score (nSPS) is 6.50. The largest absolute Gasteiger partial charge is 0.201 e. The summed E-state index contributed by atoms with van der Waals surface area (Å²) in [6.45, 7) is 2.88. The fraction of sp³-hybridized carbons (Fsp3) is 0. The molecule has 0 saturated heterocycles. The average Bonchev–Trinajstić information content (AvgIpc) is 0.811. The molecule has 0 atom stereocenters. The maximum atomic E-state index is 10.8. The zero-order valence-corrected chi connectivity index (χ0v) is 4.12. The van der Waals surface area contributed by atoms with Gasteiger partial charge in [0.25, 0.3) is 0 Å². The highest BCUT2D eigenvalue weighted by Gasteiger charge is 1.62. The molecule has 4 heavy (non-hydrogen) atoms. The van der Waals surface area contributed by atoms with Crippen molar-refractivity contribution in [2.75, 3.05) is 0 Å². The van der Waals surface area contributed by atoms with Crippen molar-refractivity contribution in [2.45, 2.75) is 0 Å². The quantitative estimate of drug-likeness (QED) is 0.489. The van der Waals surface area contributed by atoms with Crippen LogP contribution in [0.4, 0.5) is 4.39 Å². The molecular formula is C2H2FI. The van der Waals surface area contributed by atoms with Gasteiger partial charge >= 0.3 is 0 Å². The summed E-state index contributed by atoms with van der Waals surface area (Å²) in [5, 5.41) is 0. The second kappa shape index (κ2) is 1.69. The molecule has 0 aromatic heterocycles. The molecule has 0 amide bonds. The standard InChI is InChI=1S/C2H2FI/c1-2(3)4/h1H2. The van der Waals surface area contributed by atoms with Gasteiger partial charge in [-0.15, -0.1) is 0 Å². The van der Waals surface area contributed by atoms with E-state index in [9.17, 15) is 4.39 Å². The molecule has 0 aromatic carbocycles. The van der Waals surface area contributed by atoms with Crippen molar-refractivity contribution in [3.63, 3.8) is 0 Å². The summed E-state index contributed by atoms with van der Waals surface area (Å²) in [6, 6.07) is 0. The molecule has 0 rings (SSSR count). The Balaban J connectivity index is 2.80. The Hall–Kier alpha value is 0.400. The van der Waals surface area contributed by atoms with Crippen molar-refractivity contribution < 1.29 is 4.39 Å². The molecule has 24 valence electrons. The van der Waals surface area contributed by atoms with Gasteiger partial charge < -0.3 is 0 Å². The lowest BCUT2D eigenvalue weighted by Gasteiger charge is -1.56. The molecule has 0 bridgehead atoms. The first-order chi connectivity index (χ1) is 1.73. The smallest absolute Gasteiger partial charge is 0.153 e. The third-order valence-corrected chi connectivity index (χ3v) is 0. The van der Waals surface area contributed by atoms with Crippen LogP contribution in [-0.4, -0.2) is 0 Å². The molecule has 0 fully saturated rings. The molecule has 0 aliphatic heterocycles. The van der Waals surface area contributed by atoms with Gasteiger partial charge in [-0.25, -0.2) is 4.39 Å². The van der Waals surface area contributed by atoms with Crippen molar-refractivity contribution in [3.8, 4) is 0 Å². The van der Waals surface area contributed by atoms with E-state index in [1.54, 1.807) is 0 Å². The van der Waals surface area contributed by atoms with Crippen LogP contribution in [0.3, 0.4) is 0 Å². The van der Waals surface area contributed by atoms with Crippen LogP contribution >= 0.6 is 22.6 Å². The van der Waals surface area contributed by atoms with E-state index >= 15 is 0 Å². The van der Waals surface area contributed by atoms with Gasteiger partial charge in [0.2, 0.25) is 0 Å². The monoisotopic (exact) mass is 172 g/mol. The summed E-state index contributed by atoms with van der Waals surface area (Å²) in [5.74, 6) is 0. The molecule has 0 saturated carbocycles. The Morgan fingerprint density at radius 3 is 2.00 bits per heavy atom. The first-order valence-corrected chi connectivity index (χ1v) is 1.81. The second-order valence-corrected chi connectivity index (χ2v) is 1.51. The summed E-state index contributed by atoms with van der Waals surface area (Å²) in [4.78, 5) is 0. The molecule has 0 aliphatic rings. The minimum absolute atomic E-state index is 0.363. The lowest BCUT2D eigenvalue weighted by Crippen LogP contribution is -1.26. The first-order valence-electron chi connectivity index (χ1n) is 0.732. The van der Waals surface area contributed by atoms with Crippen molar-refractivity contribution in [1.82, 2.24) is 0 Å². The van der Waals surface area contributed by atoms with Crippen LogP contribution in [-0.2, 0) is 0 Å². The van der Waals surface area contributed by atoms with Crippen LogP contribution in [0.25, 0.3) is 0 Å². The number of hydrogen-bond donors (Lipinski definition) is 0. The van der Waals surface area contributed by atoms with E-state index in [4.69, 9.17) is 0 Å². The zero-order chi connectivity index (χ0) is 3.58. The maximum Gasteiger partial charge on any atom is 0.153 e. The van der Waals surface area contributed by atoms with Crippen LogP contribution < -0.4 is 0 Å². The highest BCUT2D eigenvalue weighted by Crippen LogP contribution is 1.98. The zero-order valence-electron chi connectivity index (χ0n) is 1.96. The van der Waals surface area contributed by atoms with Gasteiger partial charge in [-0.3, -0.25) is 0 Å². The van der Waals surface area contributed by atoms with Crippen molar-refractivity contribution >= 4 is 22.6 Å². The van der Waals surface area contributed by atoms with Crippen LogP contribution in [0.1, 0.15) is 0 Å². The number of halogens is 2. The molecule has 0 aliphatic carbocycles.